The third-order valence-electron chi connectivity index (χ3n) is 4.53. The van der Waals surface area contributed by atoms with Crippen LogP contribution in [0.1, 0.15) is 11.4 Å². The van der Waals surface area contributed by atoms with Crippen LogP contribution in [0, 0.1) is 6.92 Å². The van der Waals surface area contributed by atoms with Gasteiger partial charge in [0.2, 0.25) is 5.91 Å². The molecule has 0 fully saturated rings. The van der Waals surface area contributed by atoms with Gasteiger partial charge in [0.1, 0.15) is 30.5 Å². The Morgan fingerprint density at radius 2 is 1.93 bits per heavy atom. The number of hydrogen-bond acceptors (Lipinski definition) is 5. The van der Waals surface area contributed by atoms with Crippen LogP contribution in [0.2, 0.25) is 0 Å². The summed E-state index contributed by atoms with van der Waals surface area (Å²) in [5, 5.41) is 0. The van der Waals surface area contributed by atoms with Gasteiger partial charge in [0, 0.05) is 13.3 Å². The largest absolute Gasteiger partial charge is 0.492 e. The van der Waals surface area contributed by atoms with E-state index in [9.17, 15) is 13.2 Å². The molecule has 0 N–H and O–H groups in total. The number of carbonyl (C=O) groups is 1. The van der Waals surface area contributed by atoms with Crippen molar-refractivity contribution in [2.75, 3.05) is 26.5 Å². The number of sulfone groups is 1. The van der Waals surface area contributed by atoms with Crippen molar-refractivity contribution in [3.8, 4) is 5.75 Å². The molecule has 0 aliphatic rings. The lowest BCUT2D eigenvalue weighted by atomic mass is 10.2. The van der Waals surface area contributed by atoms with Gasteiger partial charge in [-0.1, -0.05) is 24.3 Å². The highest BCUT2D eigenvalue weighted by molar-refractivity contribution is 7.89. The monoisotopic (exact) mass is 415 g/mol. The summed E-state index contributed by atoms with van der Waals surface area (Å²) < 4.78 is 31.0. The smallest absolute Gasteiger partial charge is 0.242 e. The fourth-order valence-corrected chi connectivity index (χ4v) is 3.72. The van der Waals surface area contributed by atoms with E-state index in [0.29, 0.717) is 24.5 Å². The fourth-order valence-electron chi connectivity index (χ4n) is 3.03. The zero-order valence-corrected chi connectivity index (χ0v) is 17.6. The van der Waals surface area contributed by atoms with Crippen molar-refractivity contribution in [2.24, 2.45) is 0 Å². The quantitative estimate of drug-likeness (QED) is 0.564. The maximum absolute atomic E-state index is 12.7. The standard InChI is InChI=1S/C21H25N3O4S/c1-16-7-6-8-17(13-16)28-12-11-23(2)21(25)14-24-19-10-5-4-9-18(19)22-20(24)15-29(3,26)27/h4-10,13H,11-12,14-15H2,1-3H3. The summed E-state index contributed by atoms with van der Waals surface area (Å²) in [6, 6.07) is 15.1. The van der Waals surface area contributed by atoms with Gasteiger partial charge < -0.3 is 14.2 Å². The minimum absolute atomic E-state index is 0.0202. The molecule has 0 aliphatic carbocycles. The number of hydrogen-bond donors (Lipinski definition) is 0. The second kappa shape index (κ2) is 8.65. The maximum atomic E-state index is 12.7. The summed E-state index contributed by atoms with van der Waals surface area (Å²) in [6.07, 6.45) is 1.16. The highest BCUT2D eigenvalue weighted by atomic mass is 32.2. The Balaban J connectivity index is 1.69. The normalized spacial score (nSPS) is 11.6. The number of nitrogens with zero attached hydrogens (tertiary/aromatic N) is 3. The zero-order chi connectivity index (χ0) is 21.0. The number of amides is 1. The molecule has 0 saturated heterocycles. The van der Waals surface area contributed by atoms with Gasteiger partial charge in [-0.05, 0) is 36.8 Å². The molecule has 0 spiro atoms. The van der Waals surface area contributed by atoms with Gasteiger partial charge in [0.15, 0.2) is 9.84 Å². The number of likely N-dealkylation sites (N-methyl/N-ethyl adjacent to an activating group) is 1. The molecule has 0 bridgehead atoms. The van der Waals surface area contributed by atoms with E-state index >= 15 is 0 Å². The molecular formula is C21H25N3O4S. The number of aromatic nitrogens is 2. The molecule has 7 nitrogen and oxygen atoms in total. The van der Waals surface area contributed by atoms with Gasteiger partial charge in [-0.25, -0.2) is 13.4 Å². The number of rotatable bonds is 8. The number of fused-ring (bicyclic) bond motifs is 1. The van der Waals surface area contributed by atoms with Crippen LogP contribution < -0.4 is 4.74 Å². The predicted molar refractivity (Wildman–Crippen MR) is 113 cm³/mol. The highest BCUT2D eigenvalue weighted by Crippen LogP contribution is 2.18. The number of carbonyl (C=O) groups excluding carboxylic acids is 1. The summed E-state index contributed by atoms with van der Waals surface area (Å²) in [5.41, 5.74) is 2.52. The average molecular weight is 416 g/mol. The third kappa shape index (κ3) is 5.57. The SMILES string of the molecule is Cc1cccc(OCCN(C)C(=O)Cn2c(CS(C)(=O)=O)nc3ccccc32)c1. The van der Waals surface area contributed by atoms with Crippen molar-refractivity contribution in [2.45, 2.75) is 19.2 Å². The zero-order valence-electron chi connectivity index (χ0n) is 16.8. The molecular weight excluding hydrogens is 390 g/mol. The Kier molecular flexibility index (Phi) is 6.22. The number of ether oxygens (including phenoxy) is 1. The van der Waals surface area contributed by atoms with Gasteiger partial charge in [-0.2, -0.15) is 0 Å². The van der Waals surface area contributed by atoms with E-state index in [2.05, 4.69) is 4.98 Å². The van der Waals surface area contributed by atoms with Crippen LogP contribution >= 0.6 is 0 Å². The average Bonchev–Trinajstić information content (AvgIpc) is 2.97. The van der Waals surface area contributed by atoms with Crippen LogP contribution in [0.3, 0.4) is 0 Å². The van der Waals surface area contributed by atoms with Crippen molar-refractivity contribution < 1.29 is 17.9 Å². The fraction of sp³-hybridized carbons (Fsp3) is 0.333. The summed E-state index contributed by atoms with van der Waals surface area (Å²) in [4.78, 5) is 18.7. The molecule has 2 aromatic carbocycles. The van der Waals surface area contributed by atoms with Crippen LogP contribution in [0.4, 0.5) is 0 Å². The Hall–Kier alpha value is -2.87. The Labute approximate surface area is 170 Å². The van der Waals surface area contributed by atoms with Crippen molar-refractivity contribution in [3.05, 3.63) is 59.9 Å². The summed E-state index contributed by atoms with van der Waals surface area (Å²) in [7, 11) is -1.57. The molecule has 0 radical (unpaired) electrons. The number of benzene rings is 2. The number of aryl methyl sites for hydroxylation is 1. The maximum Gasteiger partial charge on any atom is 0.242 e. The lowest BCUT2D eigenvalue weighted by Crippen LogP contribution is -2.34. The Morgan fingerprint density at radius 1 is 1.17 bits per heavy atom. The second-order valence-electron chi connectivity index (χ2n) is 7.15. The van der Waals surface area contributed by atoms with Crippen LogP contribution in [-0.2, 0) is 26.9 Å². The molecule has 0 unspecified atom stereocenters. The molecule has 0 saturated carbocycles. The van der Waals surface area contributed by atoms with Crippen molar-refractivity contribution in [3.63, 3.8) is 0 Å². The van der Waals surface area contributed by atoms with Crippen LogP contribution in [0.15, 0.2) is 48.5 Å². The third-order valence-corrected chi connectivity index (χ3v) is 5.31. The van der Waals surface area contributed by atoms with E-state index in [-0.39, 0.29) is 18.2 Å². The molecule has 1 aromatic heterocycles. The molecule has 154 valence electrons. The lowest BCUT2D eigenvalue weighted by molar-refractivity contribution is -0.130. The Bertz CT molecular complexity index is 1120. The van der Waals surface area contributed by atoms with E-state index in [4.69, 9.17) is 4.74 Å². The van der Waals surface area contributed by atoms with Gasteiger partial charge >= 0.3 is 0 Å². The van der Waals surface area contributed by atoms with E-state index < -0.39 is 9.84 Å². The Morgan fingerprint density at radius 3 is 2.66 bits per heavy atom. The summed E-state index contributed by atoms with van der Waals surface area (Å²) in [5.74, 6) is 0.777. The molecule has 3 aromatic rings. The molecule has 1 amide bonds. The van der Waals surface area contributed by atoms with E-state index in [1.807, 2.05) is 55.5 Å². The second-order valence-corrected chi connectivity index (χ2v) is 9.29. The predicted octanol–water partition coefficient (Wildman–Crippen LogP) is 2.43. The first kappa shape index (κ1) is 20.9. The topological polar surface area (TPSA) is 81.5 Å². The van der Waals surface area contributed by atoms with E-state index in [1.165, 1.54) is 0 Å². The van der Waals surface area contributed by atoms with Gasteiger partial charge in [-0.3, -0.25) is 4.79 Å². The molecule has 0 aliphatic heterocycles. The van der Waals surface area contributed by atoms with Gasteiger partial charge in [0.25, 0.3) is 0 Å². The summed E-state index contributed by atoms with van der Waals surface area (Å²) in [6.45, 7) is 2.80. The van der Waals surface area contributed by atoms with Gasteiger partial charge in [-0.15, -0.1) is 0 Å². The van der Waals surface area contributed by atoms with Crippen molar-refractivity contribution >= 4 is 26.8 Å². The minimum Gasteiger partial charge on any atom is -0.492 e. The molecule has 3 rings (SSSR count). The highest BCUT2D eigenvalue weighted by Gasteiger charge is 2.18. The summed E-state index contributed by atoms with van der Waals surface area (Å²) >= 11 is 0. The first-order valence-corrected chi connectivity index (χ1v) is 11.3. The van der Waals surface area contributed by atoms with Gasteiger partial charge in [0.05, 0.1) is 17.6 Å². The van der Waals surface area contributed by atoms with E-state index in [1.54, 1.807) is 16.5 Å². The van der Waals surface area contributed by atoms with Crippen LogP contribution in [0.25, 0.3) is 11.0 Å². The first-order chi connectivity index (χ1) is 13.7. The molecule has 0 atom stereocenters. The van der Waals surface area contributed by atoms with Crippen molar-refractivity contribution in [1.29, 1.82) is 0 Å². The van der Waals surface area contributed by atoms with Crippen LogP contribution in [-0.4, -0.2) is 55.2 Å². The van der Waals surface area contributed by atoms with Crippen LogP contribution in [0.5, 0.6) is 5.75 Å². The number of para-hydroxylation sites is 2. The lowest BCUT2D eigenvalue weighted by Gasteiger charge is -2.19. The molecule has 1 heterocycles. The van der Waals surface area contributed by atoms with Crippen molar-refractivity contribution in [1.82, 2.24) is 14.5 Å². The van der Waals surface area contributed by atoms with E-state index in [0.717, 1.165) is 23.1 Å². The minimum atomic E-state index is -3.28. The molecule has 29 heavy (non-hydrogen) atoms. The first-order valence-electron chi connectivity index (χ1n) is 9.28. The number of imidazole rings is 1. The molecule has 8 heteroatoms.